The Labute approximate surface area is 148 Å². The standard InChI is InChI=1S/C16H15NO5S2/c1-8(2)13(15(19)20)17-14(18)12(24-16(17)23)6-9-3-4-10-11(5-9)22-7-21-10/h3-6,8,13H,7H2,1-2H3,(H,19,20)/b12-6-/t13-/m0/s1. The number of rotatable bonds is 4. The van der Waals surface area contributed by atoms with Crippen molar-refractivity contribution in [2.75, 3.05) is 6.79 Å². The van der Waals surface area contributed by atoms with Crippen LogP contribution in [0, 0.1) is 5.92 Å². The molecule has 0 aliphatic carbocycles. The van der Waals surface area contributed by atoms with E-state index in [1.165, 1.54) is 4.90 Å². The van der Waals surface area contributed by atoms with Gasteiger partial charge in [-0.15, -0.1) is 0 Å². The van der Waals surface area contributed by atoms with Gasteiger partial charge in [0.15, 0.2) is 11.5 Å². The van der Waals surface area contributed by atoms with E-state index in [0.29, 0.717) is 16.4 Å². The molecule has 0 unspecified atom stereocenters. The number of aliphatic carboxylic acids is 1. The molecule has 0 aromatic heterocycles. The molecule has 24 heavy (non-hydrogen) atoms. The number of carboxylic acids is 1. The van der Waals surface area contributed by atoms with Gasteiger partial charge in [-0.25, -0.2) is 4.79 Å². The third kappa shape index (κ3) is 2.99. The summed E-state index contributed by atoms with van der Waals surface area (Å²) in [5.74, 6) is -0.431. The molecule has 6 nitrogen and oxygen atoms in total. The number of hydrogen-bond acceptors (Lipinski definition) is 6. The van der Waals surface area contributed by atoms with Crippen molar-refractivity contribution < 1.29 is 24.2 Å². The van der Waals surface area contributed by atoms with Crippen LogP contribution in [0.1, 0.15) is 19.4 Å². The van der Waals surface area contributed by atoms with Gasteiger partial charge in [-0.05, 0) is 29.7 Å². The summed E-state index contributed by atoms with van der Waals surface area (Å²) >= 11 is 6.33. The highest BCUT2D eigenvalue weighted by Crippen LogP contribution is 2.37. The van der Waals surface area contributed by atoms with Crippen molar-refractivity contribution in [2.45, 2.75) is 19.9 Å². The van der Waals surface area contributed by atoms with Crippen LogP contribution in [0.15, 0.2) is 23.1 Å². The summed E-state index contributed by atoms with van der Waals surface area (Å²) < 4.78 is 10.8. The minimum Gasteiger partial charge on any atom is -0.480 e. The second kappa shape index (κ2) is 6.45. The second-order valence-electron chi connectivity index (χ2n) is 5.69. The number of fused-ring (bicyclic) bond motifs is 1. The molecular formula is C16H15NO5S2. The molecular weight excluding hydrogens is 350 g/mol. The maximum atomic E-state index is 12.6. The predicted molar refractivity (Wildman–Crippen MR) is 93.8 cm³/mol. The first kappa shape index (κ1) is 16.8. The lowest BCUT2D eigenvalue weighted by molar-refractivity contribution is -0.146. The van der Waals surface area contributed by atoms with Crippen LogP contribution in [0.2, 0.25) is 0 Å². The van der Waals surface area contributed by atoms with Crippen molar-refractivity contribution in [3.8, 4) is 11.5 Å². The van der Waals surface area contributed by atoms with Gasteiger partial charge in [0, 0.05) is 0 Å². The Kier molecular flexibility index (Phi) is 4.51. The molecule has 2 aliphatic rings. The Morgan fingerprint density at radius 1 is 1.38 bits per heavy atom. The van der Waals surface area contributed by atoms with Crippen molar-refractivity contribution in [1.82, 2.24) is 4.90 Å². The first-order valence-corrected chi connectivity index (χ1v) is 8.50. The average molecular weight is 365 g/mol. The number of carbonyl (C=O) groups excluding carboxylic acids is 1. The summed E-state index contributed by atoms with van der Waals surface area (Å²) in [5.41, 5.74) is 0.760. The molecule has 1 N–H and O–H groups in total. The molecule has 1 fully saturated rings. The van der Waals surface area contributed by atoms with Crippen LogP contribution < -0.4 is 9.47 Å². The molecule has 126 valence electrons. The number of thiocarbonyl (C=S) groups is 1. The van der Waals surface area contributed by atoms with Crippen molar-refractivity contribution in [3.05, 3.63) is 28.7 Å². The summed E-state index contributed by atoms with van der Waals surface area (Å²) in [5, 5.41) is 9.41. The Morgan fingerprint density at radius 3 is 2.75 bits per heavy atom. The van der Waals surface area contributed by atoms with Crippen LogP contribution in [0.5, 0.6) is 11.5 Å². The van der Waals surface area contributed by atoms with Gasteiger partial charge in [-0.2, -0.15) is 0 Å². The molecule has 3 rings (SSSR count). The Hall–Kier alpha value is -2.06. The fourth-order valence-corrected chi connectivity index (χ4v) is 3.90. The lowest BCUT2D eigenvalue weighted by atomic mass is 10.0. The van der Waals surface area contributed by atoms with Gasteiger partial charge in [-0.1, -0.05) is 43.9 Å². The largest absolute Gasteiger partial charge is 0.480 e. The number of ether oxygens (including phenoxy) is 2. The quantitative estimate of drug-likeness (QED) is 0.649. The zero-order valence-electron chi connectivity index (χ0n) is 13.0. The van der Waals surface area contributed by atoms with Gasteiger partial charge in [0.25, 0.3) is 5.91 Å². The van der Waals surface area contributed by atoms with Crippen LogP contribution in [0.3, 0.4) is 0 Å². The number of benzene rings is 1. The summed E-state index contributed by atoms with van der Waals surface area (Å²) in [6.45, 7) is 3.67. The highest BCUT2D eigenvalue weighted by molar-refractivity contribution is 8.26. The minimum atomic E-state index is -1.06. The molecule has 1 atom stereocenters. The van der Waals surface area contributed by atoms with E-state index in [0.717, 1.165) is 17.3 Å². The average Bonchev–Trinajstić information content (AvgIpc) is 3.06. The van der Waals surface area contributed by atoms with Crippen LogP contribution in [-0.4, -0.2) is 39.0 Å². The second-order valence-corrected chi connectivity index (χ2v) is 7.37. The van der Waals surface area contributed by atoms with E-state index in [4.69, 9.17) is 21.7 Å². The van der Waals surface area contributed by atoms with E-state index in [-0.39, 0.29) is 22.9 Å². The molecule has 0 bridgehead atoms. The maximum absolute atomic E-state index is 12.6. The molecule has 1 aromatic carbocycles. The lowest BCUT2D eigenvalue weighted by Gasteiger charge is -2.26. The van der Waals surface area contributed by atoms with Crippen LogP contribution in [-0.2, 0) is 9.59 Å². The first-order valence-electron chi connectivity index (χ1n) is 7.28. The summed E-state index contributed by atoms with van der Waals surface area (Å²) in [7, 11) is 0. The fourth-order valence-electron chi connectivity index (χ4n) is 2.57. The highest BCUT2D eigenvalue weighted by Gasteiger charge is 2.41. The van der Waals surface area contributed by atoms with Gasteiger partial charge in [-0.3, -0.25) is 9.69 Å². The number of nitrogens with zero attached hydrogens (tertiary/aromatic N) is 1. The number of thioether (sulfide) groups is 1. The van der Waals surface area contributed by atoms with Gasteiger partial charge >= 0.3 is 5.97 Å². The van der Waals surface area contributed by atoms with Gasteiger partial charge in [0.1, 0.15) is 10.4 Å². The lowest BCUT2D eigenvalue weighted by Crippen LogP contribution is -2.47. The van der Waals surface area contributed by atoms with Crippen molar-refractivity contribution in [3.63, 3.8) is 0 Å². The Morgan fingerprint density at radius 2 is 2.08 bits per heavy atom. The molecule has 8 heteroatoms. The molecule has 2 aliphatic heterocycles. The van der Waals surface area contributed by atoms with Crippen LogP contribution in [0.4, 0.5) is 0 Å². The molecule has 1 aromatic rings. The molecule has 0 saturated carbocycles. The maximum Gasteiger partial charge on any atom is 0.327 e. The number of carbonyl (C=O) groups is 2. The van der Waals surface area contributed by atoms with Crippen molar-refractivity contribution >= 4 is 46.3 Å². The van der Waals surface area contributed by atoms with Crippen molar-refractivity contribution in [1.29, 1.82) is 0 Å². The Bertz CT molecular complexity index is 759. The summed E-state index contributed by atoms with van der Waals surface area (Å²) in [4.78, 5) is 25.7. The van der Waals surface area contributed by atoms with Crippen LogP contribution >= 0.6 is 24.0 Å². The zero-order chi connectivity index (χ0) is 17.4. The summed E-state index contributed by atoms with van der Waals surface area (Å²) in [6, 6.07) is 4.37. The topological polar surface area (TPSA) is 76.1 Å². The normalized spacial score (nSPS) is 19.5. The SMILES string of the molecule is CC(C)[C@@H](C(=O)O)N1C(=O)/C(=C/c2ccc3c(c2)OCO3)SC1=S. The zero-order valence-corrected chi connectivity index (χ0v) is 14.6. The van der Waals surface area contributed by atoms with E-state index >= 15 is 0 Å². The summed E-state index contributed by atoms with van der Waals surface area (Å²) in [6.07, 6.45) is 1.68. The van der Waals surface area contributed by atoms with E-state index in [1.807, 2.05) is 0 Å². The van der Waals surface area contributed by atoms with Crippen LogP contribution in [0.25, 0.3) is 6.08 Å². The molecule has 1 saturated heterocycles. The van der Waals surface area contributed by atoms with E-state index < -0.39 is 12.0 Å². The fraction of sp³-hybridized carbons (Fsp3) is 0.312. The van der Waals surface area contributed by atoms with E-state index in [1.54, 1.807) is 38.1 Å². The smallest absolute Gasteiger partial charge is 0.327 e. The minimum absolute atomic E-state index is 0.176. The third-order valence-electron chi connectivity index (χ3n) is 3.68. The molecule has 0 radical (unpaired) electrons. The Balaban J connectivity index is 1.89. The number of amides is 1. The third-order valence-corrected chi connectivity index (χ3v) is 5.01. The molecule has 0 spiro atoms. The van der Waals surface area contributed by atoms with Gasteiger partial charge < -0.3 is 14.6 Å². The first-order chi connectivity index (χ1) is 11.4. The van der Waals surface area contributed by atoms with E-state index in [9.17, 15) is 14.7 Å². The number of hydrogen-bond donors (Lipinski definition) is 1. The van der Waals surface area contributed by atoms with E-state index in [2.05, 4.69) is 0 Å². The van der Waals surface area contributed by atoms with Crippen molar-refractivity contribution in [2.24, 2.45) is 5.92 Å². The molecule has 2 heterocycles. The number of carboxylic acid groups (broad SMARTS) is 1. The monoisotopic (exact) mass is 365 g/mol. The van der Waals surface area contributed by atoms with Gasteiger partial charge in [0.2, 0.25) is 6.79 Å². The van der Waals surface area contributed by atoms with Gasteiger partial charge in [0.05, 0.1) is 4.91 Å². The highest BCUT2D eigenvalue weighted by atomic mass is 32.2. The molecule has 1 amide bonds. The predicted octanol–water partition coefficient (Wildman–Crippen LogP) is 2.73.